The number of hydrogen-bond donors (Lipinski definition) is 4. The van der Waals surface area contributed by atoms with Crippen LogP contribution in [-0.4, -0.2) is 70.7 Å². The molecular formula is C85H132O12. The van der Waals surface area contributed by atoms with E-state index in [1.807, 2.05) is 0 Å². The Kier molecular flexibility index (Phi) is 42.5. The molecule has 0 saturated carbocycles. The molecule has 97 heavy (non-hydrogen) atoms. The lowest BCUT2D eigenvalue weighted by Crippen LogP contribution is -2.44. The van der Waals surface area contributed by atoms with E-state index in [9.17, 15) is 39.6 Å². The van der Waals surface area contributed by atoms with E-state index in [-0.39, 0.29) is 52.1 Å². The van der Waals surface area contributed by atoms with Gasteiger partial charge in [0.15, 0.2) is 0 Å². The second kappa shape index (κ2) is 49.5. The summed E-state index contributed by atoms with van der Waals surface area (Å²) in [5.41, 5.74) is 11.6. The smallest absolute Gasteiger partial charge is 0.305 e. The number of aromatic hydroxyl groups is 4. The minimum absolute atomic E-state index is 0.169. The fourth-order valence-corrected chi connectivity index (χ4v) is 13.3. The van der Waals surface area contributed by atoms with E-state index in [0.29, 0.717) is 48.7 Å². The van der Waals surface area contributed by atoms with Gasteiger partial charge in [0.2, 0.25) is 0 Å². The van der Waals surface area contributed by atoms with Crippen molar-refractivity contribution in [3.05, 3.63) is 115 Å². The normalized spacial score (nSPS) is 11.5. The molecule has 0 radical (unpaired) electrons. The molecule has 0 spiro atoms. The van der Waals surface area contributed by atoms with Gasteiger partial charge >= 0.3 is 23.9 Å². The van der Waals surface area contributed by atoms with Gasteiger partial charge in [0, 0.05) is 25.7 Å². The number of phenols is 4. The molecule has 0 bridgehead atoms. The second-order valence-corrected chi connectivity index (χ2v) is 28.1. The lowest BCUT2D eigenvalue weighted by atomic mass is 9.92. The first-order valence-electron chi connectivity index (χ1n) is 39.0. The largest absolute Gasteiger partial charge is 0.507 e. The minimum Gasteiger partial charge on any atom is -0.507 e. The van der Waals surface area contributed by atoms with Gasteiger partial charge in [-0.2, -0.15) is 0 Å². The summed E-state index contributed by atoms with van der Waals surface area (Å²) in [6, 6.07) is 17.2. The fourth-order valence-electron chi connectivity index (χ4n) is 13.3. The predicted octanol–water partition coefficient (Wildman–Crippen LogP) is 20.9. The van der Waals surface area contributed by atoms with Crippen LogP contribution in [0, 0.1) is 5.41 Å². The van der Waals surface area contributed by atoms with E-state index in [2.05, 4.69) is 104 Å². The summed E-state index contributed by atoms with van der Waals surface area (Å²) in [4.78, 5) is 54.8. The number of rotatable bonds is 56. The quantitative estimate of drug-likeness (QED) is 0.0186. The van der Waals surface area contributed by atoms with Crippen molar-refractivity contribution in [3.63, 3.8) is 0 Å². The van der Waals surface area contributed by atoms with E-state index in [1.165, 1.54) is 22.3 Å². The van der Waals surface area contributed by atoms with Crippen molar-refractivity contribution < 1.29 is 58.6 Å². The van der Waals surface area contributed by atoms with Crippen molar-refractivity contribution in [1.82, 2.24) is 0 Å². The van der Waals surface area contributed by atoms with Crippen LogP contribution in [0.1, 0.15) is 328 Å². The van der Waals surface area contributed by atoms with Crippen LogP contribution in [0.5, 0.6) is 23.0 Å². The Hall–Kier alpha value is -6.04. The third-order valence-electron chi connectivity index (χ3n) is 19.6. The van der Waals surface area contributed by atoms with Crippen molar-refractivity contribution in [2.45, 2.75) is 338 Å². The van der Waals surface area contributed by atoms with Crippen LogP contribution < -0.4 is 0 Å². The van der Waals surface area contributed by atoms with Crippen LogP contribution in [-0.2, 0) is 115 Å². The highest BCUT2D eigenvalue weighted by Crippen LogP contribution is 2.33. The number of benzene rings is 4. The van der Waals surface area contributed by atoms with Crippen molar-refractivity contribution in [1.29, 1.82) is 0 Å². The molecule has 12 heteroatoms. The van der Waals surface area contributed by atoms with Crippen molar-refractivity contribution in [2.24, 2.45) is 5.41 Å². The van der Waals surface area contributed by atoms with Crippen LogP contribution in [0.4, 0.5) is 0 Å². The zero-order valence-electron chi connectivity index (χ0n) is 62.1. The molecule has 12 nitrogen and oxygen atoms in total. The minimum atomic E-state index is -1.36. The van der Waals surface area contributed by atoms with Crippen LogP contribution >= 0.6 is 0 Å². The summed E-state index contributed by atoms with van der Waals surface area (Å²) in [6.45, 7) is 15.9. The van der Waals surface area contributed by atoms with Crippen molar-refractivity contribution >= 4 is 23.9 Å². The molecule has 0 aliphatic heterocycles. The predicted molar refractivity (Wildman–Crippen MR) is 396 cm³/mol. The lowest BCUT2D eigenvalue weighted by molar-refractivity contribution is -0.170. The van der Waals surface area contributed by atoms with Gasteiger partial charge < -0.3 is 39.4 Å². The Morgan fingerprint density at radius 3 is 0.639 bits per heavy atom. The van der Waals surface area contributed by atoms with Gasteiger partial charge in [-0.1, -0.05) is 207 Å². The molecule has 0 aliphatic rings. The number of carbonyl (C=O) groups is 4. The molecule has 4 aromatic rings. The third-order valence-corrected chi connectivity index (χ3v) is 19.6. The molecule has 0 aromatic heterocycles. The van der Waals surface area contributed by atoms with E-state index < -0.39 is 29.3 Å². The molecular weight excluding hydrogens is 1210 g/mol. The molecule has 0 atom stereocenters. The van der Waals surface area contributed by atoms with Gasteiger partial charge in [-0.3, -0.25) is 19.2 Å². The fraction of sp³-hybridized carbons (Fsp3) is 0.671. The van der Waals surface area contributed by atoms with E-state index in [1.54, 1.807) is 0 Å². The monoisotopic (exact) mass is 1340 g/mol. The molecule has 4 rings (SSSR count). The Morgan fingerprint density at radius 2 is 0.443 bits per heavy atom. The first-order chi connectivity index (χ1) is 47.1. The van der Waals surface area contributed by atoms with E-state index in [4.69, 9.17) is 18.9 Å². The van der Waals surface area contributed by atoms with Gasteiger partial charge in [0.05, 0.1) is 0 Å². The molecule has 0 fully saturated rings. The molecule has 0 saturated heterocycles. The van der Waals surface area contributed by atoms with Crippen LogP contribution in [0.2, 0.25) is 0 Å². The maximum absolute atomic E-state index is 13.7. The molecule has 0 aliphatic carbocycles. The number of ether oxygens (including phenoxy) is 4. The SMILES string of the molecule is CCCCCc1cc(CCCCCCC(=O)OCC(COC(=O)CCCCCCc2cc(CC)c(O)c(CCCCC)c2)(COC(=O)CCCCCCc2cc(CC)c(O)c(CCCCC)c2)COC(=O)CCCCCCc2cc(CC)c(O)c(CCCCC)c2)cc(CC)c1O. The second-order valence-electron chi connectivity index (χ2n) is 28.1. The summed E-state index contributed by atoms with van der Waals surface area (Å²) in [5.74, 6) is 0.0119. The number of unbranched alkanes of at least 4 members (excludes halogenated alkanes) is 20. The zero-order chi connectivity index (χ0) is 70.5. The van der Waals surface area contributed by atoms with Crippen LogP contribution in [0.3, 0.4) is 0 Å². The number of hydrogen-bond acceptors (Lipinski definition) is 12. The Bertz CT molecular complexity index is 2500. The highest BCUT2D eigenvalue weighted by molar-refractivity contribution is 5.71. The van der Waals surface area contributed by atoms with Crippen molar-refractivity contribution in [3.8, 4) is 23.0 Å². The maximum atomic E-state index is 13.7. The number of carbonyl (C=O) groups excluding carboxylic acids is 4. The summed E-state index contributed by atoms with van der Waals surface area (Å²) in [7, 11) is 0. The maximum Gasteiger partial charge on any atom is 0.305 e. The average Bonchev–Trinajstić information content (AvgIpc) is 0.964. The van der Waals surface area contributed by atoms with Crippen molar-refractivity contribution in [2.75, 3.05) is 26.4 Å². The van der Waals surface area contributed by atoms with Gasteiger partial charge in [0.1, 0.15) is 54.8 Å². The summed E-state index contributed by atoms with van der Waals surface area (Å²) >= 11 is 0. The first-order valence-corrected chi connectivity index (χ1v) is 39.0. The average molecular weight is 1350 g/mol. The summed E-state index contributed by atoms with van der Waals surface area (Å²) < 4.78 is 24.1. The Morgan fingerprint density at radius 1 is 0.258 bits per heavy atom. The summed E-state index contributed by atoms with van der Waals surface area (Å²) in [6.07, 6.45) is 37.2. The molecule has 0 amide bonds. The molecule has 0 unspecified atom stereocenters. The molecule has 4 aromatic carbocycles. The highest BCUT2D eigenvalue weighted by atomic mass is 16.6. The van der Waals surface area contributed by atoms with Crippen LogP contribution in [0.25, 0.3) is 0 Å². The topological polar surface area (TPSA) is 186 Å². The Balaban J connectivity index is 1.44. The van der Waals surface area contributed by atoms with E-state index >= 15 is 0 Å². The third kappa shape index (κ3) is 32.7. The molecule has 4 N–H and O–H groups in total. The molecule has 0 heterocycles. The van der Waals surface area contributed by atoms with Gasteiger partial charge in [-0.05, 0) is 221 Å². The lowest BCUT2D eigenvalue weighted by Gasteiger charge is -2.31. The first kappa shape index (κ1) is 83.4. The van der Waals surface area contributed by atoms with Gasteiger partial charge in [-0.25, -0.2) is 0 Å². The van der Waals surface area contributed by atoms with Gasteiger partial charge in [-0.15, -0.1) is 0 Å². The number of aryl methyl sites for hydroxylation is 12. The highest BCUT2D eigenvalue weighted by Gasteiger charge is 2.38. The number of esters is 4. The summed E-state index contributed by atoms with van der Waals surface area (Å²) in [5, 5.41) is 43.7. The molecule has 544 valence electrons. The van der Waals surface area contributed by atoms with E-state index in [0.717, 1.165) is 276 Å². The zero-order valence-corrected chi connectivity index (χ0v) is 62.1. The van der Waals surface area contributed by atoms with Crippen LogP contribution in [0.15, 0.2) is 48.5 Å². The standard InChI is InChI=1S/C85H132O12/c1-9-17-29-45-73-57-65(53-69(13-5)81(73)90)41-33-21-25-37-49-77(86)94-61-85(62-95-78(87)50-38-26-22-34-42-66-54-70(14-6)82(91)74(58-66)46-30-18-10-2,63-96-79(88)51-39-27-23-35-43-67-55-71(15-7)83(92)75(59-67)47-31-19-11-3)64-97-80(89)52-40-28-24-36-44-68-56-72(16-8)84(93)76(60-68)48-32-20-12-4/h53-60,90-93H,9-52,61-64H2,1-8H3. The Labute approximate surface area is 587 Å². The van der Waals surface area contributed by atoms with Gasteiger partial charge in [0.25, 0.3) is 0 Å². The number of phenolic OH excluding ortho intramolecular Hbond substituents is 4.